The van der Waals surface area contributed by atoms with Gasteiger partial charge in [-0.3, -0.25) is 0 Å². The van der Waals surface area contributed by atoms with Crippen molar-refractivity contribution in [2.24, 2.45) is 0 Å². The van der Waals surface area contributed by atoms with Gasteiger partial charge in [-0.2, -0.15) is 0 Å². The van der Waals surface area contributed by atoms with Gasteiger partial charge in [0, 0.05) is 38.1 Å². The lowest BCUT2D eigenvalue weighted by molar-refractivity contribution is 0.122. The molecular weight excluding hydrogens is 342 g/mol. The maximum absolute atomic E-state index is 12.5. The number of nitrogens with zero attached hydrogens (tertiary/aromatic N) is 2. The van der Waals surface area contributed by atoms with Gasteiger partial charge in [0.1, 0.15) is 5.75 Å². The number of ether oxygens (including phenoxy) is 2. The molecular formula is C21H27N3O3. The lowest BCUT2D eigenvalue weighted by atomic mass is 10.2. The minimum Gasteiger partial charge on any atom is -0.496 e. The van der Waals surface area contributed by atoms with E-state index >= 15 is 0 Å². The lowest BCUT2D eigenvalue weighted by Gasteiger charge is -2.29. The number of hydrogen-bond donors (Lipinski definition) is 1. The van der Waals surface area contributed by atoms with Gasteiger partial charge in [0.15, 0.2) is 0 Å². The molecule has 0 aliphatic carbocycles. The van der Waals surface area contributed by atoms with Crippen molar-refractivity contribution in [3.8, 4) is 5.75 Å². The van der Waals surface area contributed by atoms with Crippen LogP contribution in [0.4, 0.5) is 16.2 Å². The number of urea groups is 1. The Labute approximate surface area is 160 Å². The maximum atomic E-state index is 12.5. The number of rotatable bonds is 5. The van der Waals surface area contributed by atoms with Crippen LogP contribution in [-0.2, 0) is 11.3 Å². The molecule has 0 aromatic heterocycles. The van der Waals surface area contributed by atoms with Gasteiger partial charge in [-0.05, 0) is 48.4 Å². The third-order valence-electron chi connectivity index (χ3n) is 4.73. The molecule has 27 heavy (non-hydrogen) atoms. The Balaban J connectivity index is 1.56. The molecule has 1 aliphatic heterocycles. The highest BCUT2D eigenvalue weighted by atomic mass is 16.5. The lowest BCUT2D eigenvalue weighted by Crippen LogP contribution is -2.36. The molecule has 1 fully saturated rings. The first-order chi connectivity index (χ1) is 13.1. The first-order valence-corrected chi connectivity index (χ1v) is 9.15. The Bertz CT molecular complexity index is 771. The molecule has 0 unspecified atom stereocenters. The minimum atomic E-state index is -0.142. The number of benzene rings is 2. The van der Waals surface area contributed by atoms with Crippen molar-refractivity contribution in [1.82, 2.24) is 4.90 Å². The fourth-order valence-corrected chi connectivity index (χ4v) is 3.15. The van der Waals surface area contributed by atoms with Crippen LogP contribution in [-0.4, -0.2) is 51.4 Å². The summed E-state index contributed by atoms with van der Waals surface area (Å²) in [4.78, 5) is 16.4. The van der Waals surface area contributed by atoms with Crippen molar-refractivity contribution in [1.29, 1.82) is 0 Å². The molecule has 1 heterocycles. The maximum Gasteiger partial charge on any atom is 0.321 e. The van der Waals surface area contributed by atoms with Crippen molar-refractivity contribution in [3.05, 3.63) is 53.6 Å². The van der Waals surface area contributed by atoms with Gasteiger partial charge in [-0.1, -0.05) is 12.1 Å². The van der Waals surface area contributed by atoms with E-state index in [1.165, 1.54) is 5.69 Å². The van der Waals surface area contributed by atoms with Gasteiger partial charge in [0.2, 0.25) is 0 Å². The molecule has 1 saturated heterocycles. The minimum absolute atomic E-state index is 0.142. The molecule has 2 aromatic carbocycles. The fourth-order valence-electron chi connectivity index (χ4n) is 3.15. The second-order valence-corrected chi connectivity index (χ2v) is 6.74. The van der Waals surface area contributed by atoms with Gasteiger partial charge in [-0.15, -0.1) is 0 Å². The largest absolute Gasteiger partial charge is 0.496 e. The third kappa shape index (κ3) is 4.92. The Kier molecular flexibility index (Phi) is 6.19. The molecule has 6 nitrogen and oxygen atoms in total. The van der Waals surface area contributed by atoms with E-state index in [0.717, 1.165) is 48.9 Å². The molecule has 0 atom stereocenters. The summed E-state index contributed by atoms with van der Waals surface area (Å²) in [6, 6.07) is 13.8. The average Bonchev–Trinajstić information content (AvgIpc) is 2.69. The Morgan fingerprint density at radius 2 is 1.89 bits per heavy atom. The van der Waals surface area contributed by atoms with E-state index in [2.05, 4.69) is 34.5 Å². The van der Waals surface area contributed by atoms with E-state index in [0.29, 0.717) is 6.54 Å². The van der Waals surface area contributed by atoms with Crippen LogP contribution in [0.5, 0.6) is 5.75 Å². The molecule has 0 spiro atoms. The number of carbonyl (C=O) groups is 1. The van der Waals surface area contributed by atoms with E-state index < -0.39 is 0 Å². The summed E-state index contributed by atoms with van der Waals surface area (Å²) >= 11 is 0. The number of methoxy groups -OCH3 is 1. The zero-order valence-corrected chi connectivity index (χ0v) is 16.2. The zero-order valence-electron chi connectivity index (χ0n) is 16.2. The van der Waals surface area contributed by atoms with Crippen LogP contribution in [0.25, 0.3) is 0 Å². The molecule has 0 saturated carbocycles. The Morgan fingerprint density at radius 1 is 1.19 bits per heavy atom. The summed E-state index contributed by atoms with van der Waals surface area (Å²) in [5.41, 5.74) is 4.03. The monoisotopic (exact) mass is 369 g/mol. The topological polar surface area (TPSA) is 54.0 Å². The average molecular weight is 369 g/mol. The highest BCUT2D eigenvalue weighted by Crippen LogP contribution is 2.22. The van der Waals surface area contributed by atoms with Gasteiger partial charge < -0.3 is 24.6 Å². The quantitative estimate of drug-likeness (QED) is 0.876. The van der Waals surface area contributed by atoms with Crippen molar-refractivity contribution in [2.75, 3.05) is 50.7 Å². The highest BCUT2D eigenvalue weighted by Gasteiger charge is 2.13. The number of aryl methyl sites for hydroxylation is 1. The molecule has 6 heteroatoms. The molecule has 1 N–H and O–H groups in total. The molecule has 3 rings (SSSR count). The summed E-state index contributed by atoms with van der Waals surface area (Å²) in [6.45, 7) is 5.88. The van der Waals surface area contributed by atoms with Gasteiger partial charge in [0.05, 0.1) is 20.3 Å². The second-order valence-electron chi connectivity index (χ2n) is 6.74. The first-order valence-electron chi connectivity index (χ1n) is 9.15. The Hall–Kier alpha value is -2.73. The number of anilines is 2. The highest BCUT2D eigenvalue weighted by molar-refractivity contribution is 5.89. The van der Waals surface area contributed by atoms with Gasteiger partial charge in [-0.25, -0.2) is 4.79 Å². The predicted molar refractivity (Wildman–Crippen MR) is 108 cm³/mol. The number of carbonyl (C=O) groups excluding carboxylic acids is 1. The van der Waals surface area contributed by atoms with E-state index in [9.17, 15) is 4.79 Å². The van der Waals surface area contributed by atoms with Crippen LogP contribution in [0.3, 0.4) is 0 Å². The molecule has 2 aromatic rings. The smallest absolute Gasteiger partial charge is 0.321 e. The van der Waals surface area contributed by atoms with Gasteiger partial charge >= 0.3 is 6.03 Å². The number of amides is 2. The van der Waals surface area contributed by atoms with Crippen LogP contribution in [0, 0.1) is 6.92 Å². The standard InChI is InChI=1S/C21H27N3O3/c1-16-14-18(6-9-20(16)26-3)22-21(25)23(2)15-17-4-7-19(8-5-17)24-10-12-27-13-11-24/h4-9,14H,10-13,15H2,1-3H3,(H,22,25). The van der Waals surface area contributed by atoms with Gasteiger partial charge in [0.25, 0.3) is 0 Å². The van der Waals surface area contributed by atoms with E-state index in [-0.39, 0.29) is 6.03 Å². The summed E-state index contributed by atoms with van der Waals surface area (Å²) in [5.74, 6) is 0.807. The number of nitrogens with one attached hydrogen (secondary N) is 1. The van der Waals surface area contributed by atoms with Crippen LogP contribution >= 0.6 is 0 Å². The molecule has 0 bridgehead atoms. The molecule has 144 valence electrons. The SMILES string of the molecule is COc1ccc(NC(=O)N(C)Cc2ccc(N3CCOCC3)cc2)cc1C. The molecule has 0 radical (unpaired) electrons. The van der Waals surface area contributed by atoms with Crippen molar-refractivity contribution in [2.45, 2.75) is 13.5 Å². The summed E-state index contributed by atoms with van der Waals surface area (Å²) in [6.07, 6.45) is 0. The van der Waals surface area contributed by atoms with Crippen LogP contribution in [0.2, 0.25) is 0 Å². The van der Waals surface area contributed by atoms with E-state index in [1.54, 1.807) is 19.1 Å². The zero-order chi connectivity index (χ0) is 19.2. The molecule has 2 amide bonds. The second kappa shape index (κ2) is 8.77. The van der Waals surface area contributed by atoms with Crippen LogP contribution < -0.4 is 15.0 Å². The Morgan fingerprint density at radius 3 is 2.52 bits per heavy atom. The number of morpholine rings is 1. The van der Waals surface area contributed by atoms with Crippen LogP contribution in [0.1, 0.15) is 11.1 Å². The van der Waals surface area contributed by atoms with E-state index in [1.807, 2.05) is 25.1 Å². The number of hydrogen-bond acceptors (Lipinski definition) is 4. The predicted octanol–water partition coefficient (Wildman–Crippen LogP) is 3.50. The van der Waals surface area contributed by atoms with Crippen LogP contribution in [0.15, 0.2) is 42.5 Å². The fraction of sp³-hybridized carbons (Fsp3) is 0.381. The van der Waals surface area contributed by atoms with Crippen molar-refractivity contribution < 1.29 is 14.3 Å². The van der Waals surface area contributed by atoms with E-state index in [4.69, 9.17) is 9.47 Å². The van der Waals surface area contributed by atoms with Crippen molar-refractivity contribution in [3.63, 3.8) is 0 Å². The molecule has 1 aliphatic rings. The first kappa shape index (κ1) is 19.0. The van der Waals surface area contributed by atoms with Crippen molar-refractivity contribution >= 4 is 17.4 Å². The summed E-state index contributed by atoms with van der Waals surface area (Å²) < 4.78 is 10.6. The summed E-state index contributed by atoms with van der Waals surface area (Å²) in [5, 5.41) is 2.93. The summed E-state index contributed by atoms with van der Waals surface area (Å²) in [7, 11) is 3.43. The normalized spacial score (nSPS) is 14.0. The third-order valence-corrected chi connectivity index (χ3v) is 4.73.